The van der Waals surface area contributed by atoms with Crippen LogP contribution in [0.4, 0.5) is 0 Å². The first-order valence-electron chi connectivity index (χ1n) is 5.86. The fraction of sp³-hybridized carbons (Fsp3) is 0.0714. The molecule has 6 nitrogen and oxygen atoms in total. The highest BCUT2D eigenvalue weighted by molar-refractivity contribution is 5.98. The van der Waals surface area contributed by atoms with E-state index in [9.17, 15) is 4.79 Å². The Morgan fingerprint density at radius 1 is 1.20 bits per heavy atom. The highest BCUT2D eigenvalue weighted by atomic mass is 16.7. The van der Waals surface area contributed by atoms with Crippen LogP contribution in [-0.4, -0.2) is 18.9 Å². The summed E-state index contributed by atoms with van der Waals surface area (Å²) in [7, 11) is 1.52. The first-order valence-corrected chi connectivity index (χ1v) is 5.86. The second kappa shape index (κ2) is 6.33. The standard InChI is InChI=1S/C14H13N3O3/c1-19-12-4-2-3-11(9-12)14(18)20-17-13(15)10-5-7-16-8-6-10/h2-9H,1H3,(H2,15,17)/p+1. The van der Waals surface area contributed by atoms with Gasteiger partial charge in [0.15, 0.2) is 18.2 Å². The van der Waals surface area contributed by atoms with Gasteiger partial charge in [-0.3, -0.25) is 0 Å². The van der Waals surface area contributed by atoms with Crippen LogP contribution in [0.5, 0.6) is 5.75 Å². The summed E-state index contributed by atoms with van der Waals surface area (Å²) in [6, 6.07) is 10.0. The molecule has 0 aliphatic carbocycles. The number of ether oxygens (including phenoxy) is 1. The lowest BCUT2D eigenvalue weighted by molar-refractivity contribution is -0.378. The molecule has 0 saturated carbocycles. The van der Waals surface area contributed by atoms with Gasteiger partial charge in [0, 0.05) is 17.7 Å². The Balaban J connectivity index is 2.08. The maximum absolute atomic E-state index is 11.8. The average molecular weight is 272 g/mol. The number of carbonyl (C=O) groups is 1. The molecule has 0 radical (unpaired) electrons. The molecule has 2 aromatic rings. The number of pyridine rings is 1. The second-order valence-corrected chi connectivity index (χ2v) is 3.88. The molecule has 0 aliphatic rings. The number of aromatic amines is 1. The Labute approximate surface area is 115 Å². The van der Waals surface area contributed by atoms with Crippen molar-refractivity contribution in [3.05, 3.63) is 59.9 Å². The molecule has 0 spiro atoms. The summed E-state index contributed by atoms with van der Waals surface area (Å²) in [5, 5.41) is 3.62. The van der Waals surface area contributed by atoms with Crippen molar-refractivity contribution in [3.8, 4) is 5.75 Å². The van der Waals surface area contributed by atoms with Gasteiger partial charge in [-0.05, 0) is 18.2 Å². The average Bonchev–Trinajstić information content (AvgIpc) is 2.53. The van der Waals surface area contributed by atoms with E-state index in [1.807, 2.05) is 0 Å². The Hall–Kier alpha value is -2.89. The van der Waals surface area contributed by atoms with Crippen LogP contribution >= 0.6 is 0 Å². The fourth-order valence-corrected chi connectivity index (χ4v) is 1.50. The van der Waals surface area contributed by atoms with Gasteiger partial charge in [0.2, 0.25) is 0 Å². The van der Waals surface area contributed by atoms with E-state index >= 15 is 0 Å². The number of aromatic nitrogens is 1. The molecule has 0 bridgehead atoms. The maximum atomic E-state index is 11.8. The molecule has 20 heavy (non-hydrogen) atoms. The molecule has 1 heterocycles. The number of nitrogens with one attached hydrogen (secondary N) is 1. The lowest BCUT2D eigenvalue weighted by Gasteiger charge is -2.02. The van der Waals surface area contributed by atoms with Crippen LogP contribution in [-0.2, 0) is 4.84 Å². The molecular formula is C14H14N3O3+. The van der Waals surface area contributed by atoms with Crippen LogP contribution in [0.15, 0.2) is 53.9 Å². The first kappa shape index (κ1) is 13.5. The molecular weight excluding hydrogens is 258 g/mol. The van der Waals surface area contributed by atoms with Crippen molar-refractivity contribution in [3.63, 3.8) is 0 Å². The van der Waals surface area contributed by atoms with Gasteiger partial charge in [0.25, 0.3) is 0 Å². The van der Waals surface area contributed by atoms with Gasteiger partial charge >= 0.3 is 5.97 Å². The van der Waals surface area contributed by atoms with Crippen molar-refractivity contribution in [1.29, 1.82) is 0 Å². The van der Waals surface area contributed by atoms with Gasteiger partial charge in [-0.2, -0.15) is 0 Å². The smallest absolute Gasteiger partial charge is 0.365 e. The van der Waals surface area contributed by atoms with E-state index in [2.05, 4.69) is 10.1 Å². The number of nitrogens with two attached hydrogens (primary N) is 1. The van der Waals surface area contributed by atoms with Crippen LogP contribution in [0.1, 0.15) is 15.9 Å². The minimum absolute atomic E-state index is 0.121. The lowest BCUT2D eigenvalue weighted by Crippen LogP contribution is -2.16. The van der Waals surface area contributed by atoms with Gasteiger partial charge in [-0.15, -0.1) is 0 Å². The molecule has 6 heteroatoms. The highest BCUT2D eigenvalue weighted by Crippen LogP contribution is 2.13. The van der Waals surface area contributed by atoms with Crippen molar-refractivity contribution in [2.45, 2.75) is 0 Å². The van der Waals surface area contributed by atoms with Gasteiger partial charge in [0.1, 0.15) is 5.75 Å². The van der Waals surface area contributed by atoms with Crippen LogP contribution < -0.4 is 15.5 Å². The van der Waals surface area contributed by atoms with Crippen molar-refractivity contribution in [1.82, 2.24) is 0 Å². The number of oxime groups is 1. The SMILES string of the molecule is COc1cccc(C(=O)ON=C(N)c2cc[nH+]cc2)c1. The van der Waals surface area contributed by atoms with Gasteiger partial charge in [-0.25, -0.2) is 9.78 Å². The molecule has 0 saturated heterocycles. The fourth-order valence-electron chi connectivity index (χ4n) is 1.50. The largest absolute Gasteiger partial charge is 0.497 e. The predicted octanol–water partition coefficient (Wildman–Crippen LogP) is 0.987. The summed E-state index contributed by atoms with van der Waals surface area (Å²) in [6.07, 6.45) is 3.39. The van der Waals surface area contributed by atoms with Crippen molar-refractivity contribution in [2.75, 3.05) is 7.11 Å². The van der Waals surface area contributed by atoms with Gasteiger partial charge in [-0.1, -0.05) is 11.2 Å². The van der Waals surface area contributed by atoms with E-state index in [4.69, 9.17) is 15.3 Å². The number of hydrogen-bond donors (Lipinski definition) is 1. The number of benzene rings is 1. The molecule has 102 valence electrons. The summed E-state index contributed by atoms with van der Waals surface area (Å²) in [5.41, 5.74) is 6.70. The molecule has 0 fully saturated rings. The Morgan fingerprint density at radius 3 is 2.65 bits per heavy atom. The van der Waals surface area contributed by atoms with E-state index in [1.165, 1.54) is 7.11 Å². The van der Waals surface area contributed by atoms with Crippen molar-refractivity contribution >= 4 is 11.8 Å². The zero-order valence-electron chi connectivity index (χ0n) is 10.9. The van der Waals surface area contributed by atoms with E-state index < -0.39 is 5.97 Å². The van der Waals surface area contributed by atoms with Crippen molar-refractivity contribution < 1.29 is 19.4 Å². The molecule has 0 aliphatic heterocycles. The summed E-state index contributed by atoms with van der Waals surface area (Å²) in [4.78, 5) is 19.5. The second-order valence-electron chi connectivity index (χ2n) is 3.88. The number of amidine groups is 1. The molecule has 0 amide bonds. The monoisotopic (exact) mass is 272 g/mol. The van der Waals surface area contributed by atoms with Gasteiger partial charge in [0.05, 0.1) is 12.7 Å². The third-order valence-electron chi connectivity index (χ3n) is 2.55. The molecule has 0 unspecified atom stereocenters. The molecule has 2 rings (SSSR count). The summed E-state index contributed by atoms with van der Waals surface area (Å²) in [6.45, 7) is 0. The van der Waals surface area contributed by atoms with Crippen LogP contribution in [0, 0.1) is 0 Å². The Bertz CT molecular complexity index is 627. The number of hydrogen-bond acceptors (Lipinski definition) is 4. The zero-order chi connectivity index (χ0) is 14.4. The molecule has 1 aromatic heterocycles. The number of H-pyrrole nitrogens is 1. The third-order valence-corrected chi connectivity index (χ3v) is 2.55. The van der Waals surface area contributed by atoms with Gasteiger partial charge < -0.3 is 15.3 Å². The molecule has 0 atom stereocenters. The number of carbonyl (C=O) groups excluding carboxylic acids is 1. The lowest BCUT2D eigenvalue weighted by atomic mass is 10.2. The van der Waals surface area contributed by atoms with E-state index in [0.29, 0.717) is 16.9 Å². The maximum Gasteiger partial charge on any atom is 0.365 e. The van der Waals surface area contributed by atoms with E-state index in [1.54, 1.807) is 48.8 Å². The summed E-state index contributed by atoms with van der Waals surface area (Å²) >= 11 is 0. The molecule has 3 N–H and O–H groups in total. The zero-order valence-corrected chi connectivity index (χ0v) is 10.9. The van der Waals surface area contributed by atoms with Crippen LogP contribution in [0.2, 0.25) is 0 Å². The van der Waals surface area contributed by atoms with Crippen LogP contribution in [0.3, 0.4) is 0 Å². The number of methoxy groups -OCH3 is 1. The predicted molar refractivity (Wildman–Crippen MR) is 72.1 cm³/mol. The summed E-state index contributed by atoms with van der Waals surface area (Å²) in [5.74, 6) is 0.0830. The normalized spacial score (nSPS) is 10.9. The topological polar surface area (TPSA) is 88.0 Å². The first-order chi connectivity index (χ1) is 9.70. The van der Waals surface area contributed by atoms with Crippen LogP contribution in [0.25, 0.3) is 0 Å². The highest BCUT2D eigenvalue weighted by Gasteiger charge is 2.09. The minimum Gasteiger partial charge on any atom is -0.497 e. The quantitative estimate of drug-likeness (QED) is 0.389. The minimum atomic E-state index is -0.602. The Morgan fingerprint density at radius 2 is 1.95 bits per heavy atom. The number of nitrogens with zero attached hydrogens (tertiary/aromatic N) is 1. The summed E-state index contributed by atoms with van der Waals surface area (Å²) < 4.78 is 5.03. The third kappa shape index (κ3) is 3.32. The van der Waals surface area contributed by atoms with E-state index in [0.717, 1.165) is 0 Å². The molecule has 1 aromatic carbocycles. The Kier molecular flexibility index (Phi) is 4.28. The van der Waals surface area contributed by atoms with E-state index in [-0.39, 0.29) is 5.84 Å². The van der Waals surface area contributed by atoms with Crippen molar-refractivity contribution in [2.24, 2.45) is 10.9 Å². The number of rotatable bonds is 4.